The van der Waals surface area contributed by atoms with Gasteiger partial charge in [-0.25, -0.2) is 9.97 Å². The molecule has 0 radical (unpaired) electrons. The van der Waals surface area contributed by atoms with E-state index in [2.05, 4.69) is 21.0 Å². The van der Waals surface area contributed by atoms with Crippen LogP contribution in [0.1, 0.15) is 55.5 Å². The Bertz CT molecular complexity index is 1490. The van der Waals surface area contributed by atoms with Gasteiger partial charge in [-0.15, -0.1) is 0 Å². The minimum Gasteiger partial charge on any atom is -0.495 e. The molecule has 4 heterocycles. The van der Waals surface area contributed by atoms with Crippen molar-refractivity contribution in [2.75, 3.05) is 19.0 Å². The second-order valence-electron chi connectivity index (χ2n) is 10.4. The zero-order valence-electron chi connectivity index (χ0n) is 22.5. The van der Waals surface area contributed by atoms with Gasteiger partial charge in [-0.05, 0) is 70.2 Å². The van der Waals surface area contributed by atoms with E-state index >= 15 is 0 Å². The number of aryl methyl sites for hydroxylation is 3. The molecule has 6 rings (SSSR count). The number of rotatable bonds is 8. The number of benzene rings is 1. The lowest BCUT2D eigenvalue weighted by molar-refractivity contribution is -0.119. The van der Waals surface area contributed by atoms with Crippen molar-refractivity contribution in [3.8, 4) is 17.0 Å². The van der Waals surface area contributed by atoms with Gasteiger partial charge in [0.15, 0.2) is 5.65 Å². The highest BCUT2D eigenvalue weighted by Crippen LogP contribution is 2.37. The number of nitrogens with one attached hydrogen (secondary N) is 1. The summed E-state index contributed by atoms with van der Waals surface area (Å²) < 4.78 is 15.8. The normalized spacial score (nSPS) is 17.6. The van der Waals surface area contributed by atoms with Gasteiger partial charge in [-0.1, -0.05) is 6.07 Å². The Morgan fingerprint density at radius 2 is 1.95 bits per heavy atom. The summed E-state index contributed by atoms with van der Waals surface area (Å²) in [6, 6.07) is 10.0. The molecular weight excluding hydrogens is 480 g/mol. The van der Waals surface area contributed by atoms with E-state index in [0.717, 1.165) is 89.7 Å². The number of anilines is 2. The monoisotopic (exact) mass is 514 g/mol. The highest BCUT2D eigenvalue weighted by Gasteiger charge is 2.30. The number of aromatic nitrogens is 5. The standard InChI is InChI=1S/C29H34N6O3/c1-17-13-23(33-34(17)3)20-10-11-22(26(14-20)37-4)32-24-15-21(16-25(36)19-8-9-19)31-29-28(24)30-18(2)35(29)27-7-5-6-12-38-27/h10-11,13-15,19,27H,5-9,12,16H2,1-4H3,(H,31,32). The molecule has 1 unspecified atom stereocenters. The number of ether oxygens (including phenoxy) is 2. The minimum atomic E-state index is -0.0980. The number of hydrogen-bond donors (Lipinski definition) is 1. The Morgan fingerprint density at radius 3 is 2.63 bits per heavy atom. The number of methoxy groups -OCH3 is 1. The molecule has 1 atom stereocenters. The summed E-state index contributed by atoms with van der Waals surface area (Å²) in [4.78, 5) is 22.6. The van der Waals surface area contributed by atoms with Crippen LogP contribution < -0.4 is 10.1 Å². The molecule has 2 aliphatic rings. The first-order chi connectivity index (χ1) is 18.4. The van der Waals surface area contributed by atoms with E-state index in [-0.39, 0.29) is 17.9 Å². The first-order valence-electron chi connectivity index (χ1n) is 13.4. The Balaban J connectivity index is 1.41. The lowest BCUT2D eigenvalue weighted by Crippen LogP contribution is -2.19. The predicted octanol–water partition coefficient (Wildman–Crippen LogP) is 5.42. The summed E-state index contributed by atoms with van der Waals surface area (Å²) in [5.74, 6) is 1.98. The Morgan fingerprint density at radius 1 is 1.11 bits per heavy atom. The van der Waals surface area contributed by atoms with Gasteiger partial charge in [-0.3, -0.25) is 14.0 Å². The van der Waals surface area contributed by atoms with E-state index in [0.29, 0.717) is 12.2 Å². The topological polar surface area (TPSA) is 96.1 Å². The quantitative estimate of drug-likeness (QED) is 0.335. The van der Waals surface area contributed by atoms with Crippen LogP contribution in [0.4, 0.5) is 11.4 Å². The molecule has 0 spiro atoms. The van der Waals surface area contributed by atoms with Gasteiger partial charge in [0.05, 0.1) is 29.9 Å². The van der Waals surface area contributed by atoms with E-state index < -0.39 is 0 Å². The largest absolute Gasteiger partial charge is 0.495 e. The highest BCUT2D eigenvalue weighted by molar-refractivity contribution is 5.91. The Kier molecular flexibility index (Phi) is 6.39. The van der Waals surface area contributed by atoms with Crippen LogP contribution in [0.15, 0.2) is 30.3 Å². The summed E-state index contributed by atoms with van der Waals surface area (Å²) in [6.45, 7) is 4.75. The maximum absolute atomic E-state index is 12.7. The molecule has 1 saturated carbocycles. The third kappa shape index (κ3) is 4.67. The average Bonchev–Trinajstić information content (AvgIpc) is 3.64. The second-order valence-corrected chi connectivity index (χ2v) is 10.4. The molecule has 38 heavy (non-hydrogen) atoms. The smallest absolute Gasteiger partial charge is 0.164 e. The minimum absolute atomic E-state index is 0.0980. The Hall–Kier alpha value is -3.72. The molecular formula is C29H34N6O3. The van der Waals surface area contributed by atoms with Crippen LogP contribution >= 0.6 is 0 Å². The summed E-state index contributed by atoms with van der Waals surface area (Å²) in [7, 11) is 3.60. The van der Waals surface area contributed by atoms with Crippen molar-refractivity contribution in [2.45, 2.75) is 58.6 Å². The number of imidazole rings is 1. The van der Waals surface area contributed by atoms with E-state index in [9.17, 15) is 4.79 Å². The van der Waals surface area contributed by atoms with E-state index in [4.69, 9.17) is 19.4 Å². The van der Waals surface area contributed by atoms with Gasteiger partial charge in [0.25, 0.3) is 0 Å². The van der Waals surface area contributed by atoms with E-state index in [1.54, 1.807) is 7.11 Å². The molecule has 1 N–H and O–H groups in total. The van der Waals surface area contributed by atoms with Gasteiger partial charge in [0, 0.05) is 37.3 Å². The molecule has 1 saturated heterocycles. The third-order valence-electron chi connectivity index (χ3n) is 7.59. The predicted molar refractivity (Wildman–Crippen MR) is 146 cm³/mol. The summed E-state index contributed by atoms with van der Waals surface area (Å²) >= 11 is 0. The average molecular weight is 515 g/mol. The molecule has 9 nitrogen and oxygen atoms in total. The SMILES string of the molecule is COc1cc(-c2cc(C)n(C)n2)ccc1Nc1cc(CC(=O)C2CC2)nc2c1nc(C)n2C1CCCCO1. The zero-order valence-corrected chi connectivity index (χ0v) is 22.5. The molecule has 9 heteroatoms. The number of carbonyl (C=O) groups is 1. The van der Waals surface area contributed by atoms with Gasteiger partial charge < -0.3 is 14.8 Å². The molecule has 1 aliphatic carbocycles. The van der Waals surface area contributed by atoms with Gasteiger partial charge in [0.1, 0.15) is 29.1 Å². The molecule has 1 aromatic carbocycles. The lowest BCUT2D eigenvalue weighted by atomic mass is 10.1. The van der Waals surface area contributed by atoms with Crippen LogP contribution in [-0.4, -0.2) is 43.8 Å². The fourth-order valence-electron chi connectivity index (χ4n) is 5.21. The van der Waals surface area contributed by atoms with Crippen molar-refractivity contribution < 1.29 is 14.3 Å². The fraction of sp³-hybridized carbons (Fsp3) is 0.448. The van der Waals surface area contributed by atoms with Crippen LogP contribution in [0.25, 0.3) is 22.4 Å². The summed E-state index contributed by atoms with van der Waals surface area (Å²) in [5, 5.41) is 8.15. The number of pyridine rings is 1. The first kappa shape index (κ1) is 24.6. The highest BCUT2D eigenvalue weighted by atomic mass is 16.5. The summed E-state index contributed by atoms with van der Waals surface area (Å²) in [6.07, 6.45) is 5.28. The Labute approximate surface area is 222 Å². The van der Waals surface area contributed by atoms with Gasteiger partial charge in [-0.2, -0.15) is 5.10 Å². The van der Waals surface area contributed by atoms with Crippen LogP contribution in [-0.2, 0) is 23.0 Å². The third-order valence-corrected chi connectivity index (χ3v) is 7.59. The maximum Gasteiger partial charge on any atom is 0.164 e. The molecule has 2 fully saturated rings. The van der Waals surface area contributed by atoms with Crippen molar-refractivity contribution >= 4 is 28.3 Å². The second kappa shape index (κ2) is 9.87. The molecule has 3 aromatic heterocycles. The number of carbonyl (C=O) groups excluding carboxylic acids is 1. The van der Waals surface area contributed by atoms with Crippen molar-refractivity contribution in [1.29, 1.82) is 0 Å². The molecule has 4 aromatic rings. The number of nitrogens with zero attached hydrogens (tertiary/aromatic N) is 5. The number of ketones is 1. The van der Waals surface area contributed by atoms with Crippen LogP contribution in [0.5, 0.6) is 5.75 Å². The van der Waals surface area contributed by atoms with Crippen molar-refractivity contribution in [1.82, 2.24) is 24.3 Å². The number of Topliss-reactive ketones (excluding diaryl/α,β-unsaturated/α-hetero) is 1. The molecule has 198 valence electrons. The van der Waals surface area contributed by atoms with Crippen molar-refractivity contribution in [3.63, 3.8) is 0 Å². The van der Waals surface area contributed by atoms with Gasteiger partial charge >= 0.3 is 0 Å². The van der Waals surface area contributed by atoms with E-state index in [1.165, 1.54) is 0 Å². The zero-order chi connectivity index (χ0) is 26.4. The maximum atomic E-state index is 12.7. The summed E-state index contributed by atoms with van der Waals surface area (Å²) in [5.41, 5.74) is 6.80. The number of fused-ring (bicyclic) bond motifs is 1. The van der Waals surface area contributed by atoms with E-state index in [1.807, 2.05) is 49.8 Å². The van der Waals surface area contributed by atoms with Crippen molar-refractivity contribution in [3.05, 3.63) is 47.5 Å². The van der Waals surface area contributed by atoms with Crippen LogP contribution in [0.3, 0.4) is 0 Å². The lowest BCUT2D eigenvalue weighted by Gasteiger charge is -2.25. The fourth-order valence-corrected chi connectivity index (χ4v) is 5.21. The first-order valence-corrected chi connectivity index (χ1v) is 13.4. The van der Waals surface area contributed by atoms with Crippen LogP contribution in [0, 0.1) is 19.8 Å². The molecule has 0 amide bonds. The van der Waals surface area contributed by atoms with Crippen LogP contribution in [0.2, 0.25) is 0 Å². The van der Waals surface area contributed by atoms with Crippen molar-refractivity contribution in [2.24, 2.45) is 13.0 Å². The molecule has 1 aliphatic heterocycles. The number of hydrogen-bond acceptors (Lipinski definition) is 7. The molecule has 0 bridgehead atoms. The van der Waals surface area contributed by atoms with Gasteiger partial charge in [0.2, 0.25) is 0 Å².